The Kier molecular flexibility index (Phi) is 7.53. The summed E-state index contributed by atoms with van der Waals surface area (Å²) in [5.74, 6) is -2.66. The van der Waals surface area contributed by atoms with Crippen LogP contribution in [-0.2, 0) is 4.79 Å². The predicted molar refractivity (Wildman–Crippen MR) is 152 cm³/mol. The first-order valence-corrected chi connectivity index (χ1v) is 12.8. The maximum absolute atomic E-state index is 13.7. The van der Waals surface area contributed by atoms with Gasteiger partial charge in [0, 0.05) is 22.9 Å². The zero-order chi connectivity index (χ0) is 31.1. The number of para-hydroxylation sites is 1. The quantitative estimate of drug-likeness (QED) is 0.114. The molecule has 1 aliphatic heterocycles. The fourth-order valence-electron chi connectivity index (χ4n) is 4.52. The van der Waals surface area contributed by atoms with Crippen molar-refractivity contribution in [1.82, 2.24) is 0 Å². The lowest BCUT2D eigenvalue weighted by molar-refractivity contribution is -0.253. The summed E-state index contributed by atoms with van der Waals surface area (Å²) in [6, 6.07) is 19.0. The van der Waals surface area contributed by atoms with Gasteiger partial charge in [-0.3, -0.25) is 15.1 Å². The number of carboxylic acid groups (broad SMARTS) is 1. The Bertz CT molecular complexity index is 1790. The number of carbonyl (C=O) groups excluding carboxylic acids is 1. The van der Waals surface area contributed by atoms with Crippen LogP contribution in [0.3, 0.4) is 0 Å². The molecule has 0 saturated carbocycles. The van der Waals surface area contributed by atoms with Gasteiger partial charge in [0.15, 0.2) is 5.71 Å². The highest BCUT2D eigenvalue weighted by atomic mass is 19.3. The molecule has 3 N–H and O–H groups in total. The Morgan fingerprint density at radius 3 is 2.40 bits per heavy atom. The number of carbonyl (C=O) groups is 2. The molecule has 1 heterocycles. The third kappa shape index (κ3) is 5.59. The average molecular weight is 594 g/mol. The van der Waals surface area contributed by atoms with E-state index in [1.165, 1.54) is 35.2 Å². The summed E-state index contributed by atoms with van der Waals surface area (Å²) in [5, 5.41) is 24.5. The maximum Gasteiger partial charge on any atom is 0.461 e. The second-order valence-corrected chi connectivity index (χ2v) is 9.71. The van der Waals surface area contributed by atoms with E-state index in [9.17, 15) is 37.4 Å². The monoisotopic (exact) mass is 593 g/mol. The van der Waals surface area contributed by atoms with E-state index in [1.54, 1.807) is 36.4 Å². The molecule has 5 rings (SSSR count). The number of nitrogens with one attached hydrogen (secondary N) is 1. The number of nitrogens with zero attached hydrogens (tertiary/aromatic N) is 2. The van der Waals surface area contributed by atoms with Gasteiger partial charge in [0.2, 0.25) is 0 Å². The molecule has 0 atom stereocenters. The summed E-state index contributed by atoms with van der Waals surface area (Å²) in [6.45, 7) is 3.69. The largest absolute Gasteiger partial charge is 0.505 e. The van der Waals surface area contributed by atoms with Crippen molar-refractivity contribution >= 4 is 34.7 Å². The molecule has 0 aliphatic carbocycles. The van der Waals surface area contributed by atoms with Crippen LogP contribution in [0, 0.1) is 13.8 Å². The van der Waals surface area contributed by atoms with Gasteiger partial charge in [-0.05, 0) is 73.0 Å². The molecule has 1 amide bonds. The highest BCUT2D eigenvalue weighted by Gasteiger charge is 2.44. The molecule has 43 heavy (non-hydrogen) atoms. The van der Waals surface area contributed by atoms with Gasteiger partial charge in [-0.15, -0.1) is 0 Å². The number of benzene rings is 4. The number of aryl methyl sites for hydroxylation is 2. The molecule has 12 heteroatoms. The highest BCUT2D eigenvalue weighted by Crippen LogP contribution is 2.41. The van der Waals surface area contributed by atoms with Crippen LogP contribution in [0.1, 0.15) is 27.0 Å². The van der Waals surface area contributed by atoms with Crippen molar-refractivity contribution in [1.29, 1.82) is 0 Å². The summed E-state index contributed by atoms with van der Waals surface area (Å²) >= 11 is 0. The molecule has 220 valence electrons. The van der Waals surface area contributed by atoms with Gasteiger partial charge >= 0.3 is 18.5 Å². The molecule has 0 fully saturated rings. The second-order valence-electron chi connectivity index (χ2n) is 9.71. The Labute approximate surface area is 242 Å². The van der Waals surface area contributed by atoms with Crippen LogP contribution < -0.4 is 15.1 Å². The zero-order valence-electron chi connectivity index (χ0n) is 22.6. The first-order chi connectivity index (χ1) is 20.4. The normalized spacial score (nSPS) is 13.9. The minimum absolute atomic E-state index is 0.0183. The van der Waals surface area contributed by atoms with Crippen LogP contribution in [0.2, 0.25) is 0 Å². The number of alkyl halides is 4. The van der Waals surface area contributed by atoms with E-state index in [1.807, 2.05) is 13.8 Å². The number of halogens is 4. The molecule has 0 bridgehead atoms. The van der Waals surface area contributed by atoms with Gasteiger partial charge in [0.05, 0.1) is 16.9 Å². The number of rotatable bonds is 8. The van der Waals surface area contributed by atoms with E-state index in [-0.39, 0.29) is 34.0 Å². The van der Waals surface area contributed by atoms with Crippen molar-refractivity contribution in [2.45, 2.75) is 26.4 Å². The number of phenolic OH excluding ortho intramolecular Hbond substituents is 1. The van der Waals surface area contributed by atoms with E-state index in [2.05, 4.69) is 15.3 Å². The first-order valence-electron chi connectivity index (χ1n) is 12.8. The molecule has 0 saturated heterocycles. The Morgan fingerprint density at radius 1 is 0.953 bits per heavy atom. The molecule has 0 aromatic heterocycles. The van der Waals surface area contributed by atoms with Gasteiger partial charge in [0.1, 0.15) is 11.5 Å². The molecule has 4 aromatic carbocycles. The number of amides is 1. The van der Waals surface area contributed by atoms with E-state index < -0.39 is 30.2 Å². The van der Waals surface area contributed by atoms with Crippen molar-refractivity contribution in [3.05, 3.63) is 101 Å². The fourth-order valence-corrected chi connectivity index (χ4v) is 4.52. The maximum atomic E-state index is 13.7. The summed E-state index contributed by atoms with van der Waals surface area (Å²) in [5.41, 5.74) is 5.72. The SMILES string of the molecule is Cc1ccc(N2C(=O)/C(=N\Nc3cccc(-c4cccc(C(=O)O)c4)c3O)c3ccc(OC(F)(F)C(F)F)cc32)cc1C. The third-order valence-corrected chi connectivity index (χ3v) is 6.87. The summed E-state index contributed by atoms with van der Waals surface area (Å²) in [6.07, 6.45) is -8.83. The van der Waals surface area contributed by atoms with Gasteiger partial charge in [-0.1, -0.05) is 30.3 Å². The zero-order valence-corrected chi connectivity index (χ0v) is 22.6. The number of ether oxygens (including phenoxy) is 1. The number of hydrogen-bond acceptors (Lipinski definition) is 6. The number of aromatic carboxylic acids is 1. The lowest BCUT2D eigenvalue weighted by atomic mass is 10.0. The van der Waals surface area contributed by atoms with Crippen molar-refractivity contribution in [2.75, 3.05) is 10.3 Å². The molecule has 0 spiro atoms. The van der Waals surface area contributed by atoms with Gasteiger partial charge in [0.25, 0.3) is 5.91 Å². The first kappa shape index (κ1) is 29.1. The van der Waals surface area contributed by atoms with Crippen molar-refractivity contribution in [3.8, 4) is 22.6 Å². The fraction of sp³-hybridized carbons (Fsp3) is 0.129. The predicted octanol–water partition coefficient (Wildman–Crippen LogP) is 7.11. The van der Waals surface area contributed by atoms with Crippen molar-refractivity contribution < 1.29 is 42.1 Å². The highest BCUT2D eigenvalue weighted by molar-refractivity contribution is 6.55. The number of aromatic hydroxyl groups is 1. The number of fused-ring (bicyclic) bond motifs is 1. The lowest BCUT2D eigenvalue weighted by Gasteiger charge is -2.20. The molecule has 1 aliphatic rings. The standard InChI is InChI=1S/C31H23F4N3O5/c1-16-9-10-20(13-17(16)2)38-25-15-21(43-31(34,35)30(32)33)11-12-23(25)26(28(38)40)37-36-24-8-4-7-22(27(24)39)18-5-3-6-19(14-18)29(41)42/h3-15,30,36,39H,1-2H3,(H,41,42)/b37-26-. The average Bonchev–Trinajstić information content (AvgIpc) is 3.23. The van der Waals surface area contributed by atoms with E-state index >= 15 is 0 Å². The van der Waals surface area contributed by atoms with Crippen LogP contribution in [0.5, 0.6) is 11.5 Å². The number of phenols is 1. The van der Waals surface area contributed by atoms with Crippen LogP contribution in [-0.4, -0.2) is 40.3 Å². The van der Waals surface area contributed by atoms with Gasteiger partial charge < -0.3 is 14.9 Å². The topological polar surface area (TPSA) is 111 Å². The molecule has 8 nitrogen and oxygen atoms in total. The van der Waals surface area contributed by atoms with Crippen LogP contribution in [0.15, 0.2) is 84.0 Å². The number of hydrogen-bond donors (Lipinski definition) is 3. The molecule has 0 unspecified atom stereocenters. The molecular formula is C31H23F4N3O5. The second kappa shape index (κ2) is 11.1. The Hall–Kier alpha value is -5.39. The van der Waals surface area contributed by atoms with Crippen molar-refractivity contribution in [3.63, 3.8) is 0 Å². The van der Waals surface area contributed by atoms with E-state index in [4.69, 9.17) is 0 Å². The van der Waals surface area contributed by atoms with Crippen molar-refractivity contribution in [2.24, 2.45) is 5.10 Å². The minimum Gasteiger partial charge on any atom is -0.505 e. The van der Waals surface area contributed by atoms with Crippen LogP contribution in [0.4, 0.5) is 34.6 Å². The summed E-state index contributed by atoms with van der Waals surface area (Å²) in [7, 11) is 0. The third-order valence-electron chi connectivity index (χ3n) is 6.87. The summed E-state index contributed by atoms with van der Waals surface area (Å²) in [4.78, 5) is 26.3. The molecular weight excluding hydrogens is 570 g/mol. The van der Waals surface area contributed by atoms with Gasteiger partial charge in [-0.2, -0.15) is 22.7 Å². The lowest BCUT2D eigenvalue weighted by Crippen LogP contribution is -2.33. The smallest absolute Gasteiger partial charge is 0.461 e. The van der Waals surface area contributed by atoms with Gasteiger partial charge in [-0.25, -0.2) is 4.79 Å². The van der Waals surface area contributed by atoms with Crippen LogP contribution in [0.25, 0.3) is 11.1 Å². The molecule has 4 aromatic rings. The summed E-state index contributed by atoms with van der Waals surface area (Å²) < 4.78 is 57.2. The molecule has 0 radical (unpaired) electrons. The van der Waals surface area contributed by atoms with E-state index in [0.717, 1.165) is 23.3 Å². The minimum atomic E-state index is -4.76. The van der Waals surface area contributed by atoms with Crippen LogP contribution >= 0.6 is 0 Å². The Morgan fingerprint density at radius 2 is 1.70 bits per heavy atom. The van der Waals surface area contributed by atoms with E-state index in [0.29, 0.717) is 16.8 Å². The number of hydrazone groups is 1. The number of carboxylic acids is 1. The number of anilines is 3. The Balaban J connectivity index is 1.55.